The van der Waals surface area contributed by atoms with Crippen molar-refractivity contribution in [3.63, 3.8) is 0 Å². The van der Waals surface area contributed by atoms with E-state index in [-0.39, 0.29) is 5.56 Å². The zero-order valence-corrected chi connectivity index (χ0v) is 14.9. The van der Waals surface area contributed by atoms with E-state index in [4.69, 9.17) is 4.98 Å². The van der Waals surface area contributed by atoms with E-state index in [1.807, 2.05) is 0 Å². The van der Waals surface area contributed by atoms with Gasteiger partial charge in [-0.2, -0.15) is 0 Å². The van der Waals surface area contributed by atoms with Gasteiger partial charge in [0.25, 0.3) is 5.56 Å². The Hall–Kier alpha value is -1.20. The average Bonchev–Trinajstić information content (AvgIpc) is 2.92. The summed E-state index contributed by atoms with van der Waals surface area (Å²) in [6, 6.07) is 0.366. The standard InChI is InChI=1S/C18H25N3OS/c1-3-15-19-17-16(13-9-10-20(2)11-14(13)23-17)18(22)21(15)12-7-5-4-6-8-12/h12H,3-11H2,1-2H3. The van der Waals surface area contributed by atoms with Crippen molar-refractivity contribution in [1.29, 1.82) is 0 Å². The molecule has 2 aromatic heterocycles. The topological polar surface area (TPSA) is 38.1 Å². The van der Waals surface area contributed by atoms with Gasteiger partial charge in [-0.15, -0.1) is 11.3 Å². The molecule has 2 aliphatic rings. The Balaban J connectivity index is 1.92. The second kappa shape index (κ2) is 6.02. The van der Waals surface area contributed by atoms with Crippen LogP contribution in [0.2, 0.25) is 0 Å². The molecule has 0 spiro atoms. The van der Waals surface area contributed by atoms with Crippen molar-refractivity contribution in [3.05, 3.63) is 26.6 Å². The maximum absolute atomic E-state index is 13.3. The molecular weight excluding hydrogens is 306 g/mol. The van der Waals surface area contributed by atoms with Gasteiger partial charge in [-0.1, -0.05) is 26.2 Å². The lowest BCUT2D eigenvalue weighted by Gasteiger charge is -2.26. The highest BCUT2D eigenvalue weighted by Gasteiger charge is 2.26. The molecule has 2 aromatic rings. The highest BCUT2D eigenvalue weighted by molar-refractivity contribution is 7.18. The third kappa shape index (κ3) is 2.54. The predicted octanol–water partition coefficient (Wildman–Crippen LogP) is 3.51. The van der Waals surface area contributed by atoms with Crippen molar-refractivity contribution in [2.24, 2.45) is 0 Å². The van der Waals surface area contributed by atoms with Crippen LogP contribution in [-0.4, -0.2) is 28.0 Å². The van der Waals surface area contributed by atoms with Crippen molar-refractivity contribution >= 4 is 21.6 Å². The highest BCUT2D eigenvalue weighted by atomic mass is 32.1. The fraction of sp³-hybridized carbons (Fsp3) is 0.667. The van der Waals surface area contributed by atoms with Gasteiger partial charge in [-0.3, -0.25) is 9.36 Å². The molecular formula is C18H25N3OS. The molecule has 0 amide bonds. The molecule has 0 unspecified atom stereocenters. The van der Waals surface area contributed by atoms with Crippen LogP contribution in [0.4, 0.5) is 0 Å². The van der Waals surface area contributed by atoms with Gasteiger partial charge in [0.05, 0.1) is 5.39 Å². The van der Waals surface area contributed by atoms with Crippen LogP contribution in [0.1, 0.15) is 61.3 Å². The Morgan fingerprint density at radius 1 is 1.26 bits per heavy atom. The van der Waals surface area contributed by atoms with Gasteiger partial charge in [0.15, 0.2) is 0 Å². The van der Waals surface area contributed by atoms with Gasteiger partial charge in [0.1, 0.15) is 10.7 Å². The summed E-state index contributed by atoms with van der Waals surface area (Å²) >= 11 is 1.74. The van der Waals surface area contributed by atoms with Crippen LogP contribution in [0.5, 0.6) is 0 Å². The van der Waals surface area contributed by atoms with Crippen molar-refractivity contribution in [1.82, 2.24) is 14.5 Å². The summed E-state index contributed by atoms with van der Waals surface area (Å²) in [7, 11) is 2.15. The molecule has 4 rings (SSSR count). The minimum Gasteiger partial charge on any atom is -0.301 e. The number of aryl methyl sites for hydroxylation is 1. The minimum absolute atomic E-state index is 0.237. The maximum Gasteiger partial charge on any atom is 0.262 e. The van der Waals surface area contributed by atoms with Crippen molar-refractivity contribution < 1.29 is 0 Å². The lowest BCUT2D eigenvalue weighted by molar-refractivity contribution is 0.317. The zero-order chi connectivity index (χ0) is 16.0. The molecule has 0 radical (unpaired) electrons. The summed E-state index contributed by atoms with van der Waals surface area (Å²) in [5.41, 5.74) is 1.52. The maximum atomic E-state index is 13.3. The first-order chi connectivity index (χ1) is 11.2. The first kappa shape index (κ1) is 15.3. The molecule has 0 atom stereocenters. The van der Waals surface area contributed by atoms with E-state index >= 15 is 0 Å². The summed E-state index contributed by atoms with van der Waals surface area (Å²) in [5.74, 6) is 0.987. The van der Waals surface area contributed by atoms with Gasteiger partial charge < -0.3 is 4.90 Å². The van der Waals surface area contributed by atoms with Crippen LogP contribution >= 0.6 is 11.3 Å². The summed E-state index contributed by atoms with van der Waals surface area (Å²) in [6.45, 7) is 4.12. The van der Waals surface area contributed by atoms with Gasteiger partial charge >= 0.3 is 0 Å². The van der Waals surface area contributed by atoms with Crippen LogP contribution in [-0.2, 0) is 19.4 Å². The second-order valence-corrected chi connectivity index (χ2v) is 8.10. The Morgan fingerprint density at radius 3 is 2.78 bits per heavy atom. The van der Waals surface area contributed by atoms with Crippen molar-refractivity contribution in [2.45, 2.75) is 64.5 Å². The van der Waals surface area contributed by atoms with Crippen LogP contribution in [0.3, 0.4) is 0 Å². The van der Waals surface area contributed by atoms with Crippen molar-refractivity contribution in [2.75, 3.05) is 13.6 Å². The van der Waals surface area contributed by atoms with Crippen LogP contribution in [0.15, 0.2) is 4.79 Å². The SMILES string of the molecule is CCc1nc2sc3c(c2c(=O)n1C1CCCCC1)CCN(C)C3. The molecule has 0 aromatic carbocycles. The van der Waals surface area contributed by atoms with Crippen molar-refractivity contribution in [3.8, 4) is 0 Å². The highest BCUT2D eigenvalue weighted by Crippen LogP contribution is 2.34. The number of likely N-dealkylation sites (N-methyl/N-ethyl adjacent to an activating group) is 1. The molecule has 1 aliphatic carbocycles. The molecule has 0 bridgehead atoms. The molecule has 4 nitrogen and oxygen atoms in total. The summed E-state index contributed by atoms with van der Waals surface area (Å²) in [4.78, 5) is 22.9. The lowest BCUT2D eigenvalue weighted by Crippen LogP contribution is -2.31. The molecule has 5 heteroatoms. The smallest absolute Gasteiger partial charge is 0.262 e. The molecule has 1 saturated carbocycles. The lowest BCUT2D eigenvalue weighted by atomic mass is 9.95. The third-order valence-electron chi connectivity index (χ3n) is 5.43. The normalized spacial score (nSPS) is 20.1. The zero-order valence-electron chi connectivity index (χ0n) is 14.1. The molecule has 23 heavy (non-hydrogen) atoms. The number of aromatic nitrogens is 2. The number of thiophene rings is 1. The molecule has 0 saturated heterocycles. The van der Waals surface area contributed by atoms with Gasteiger partial charge in [-0.25, -0.2) is 4.98 Å². The van der Waals surface area contributed by atoms with Crippen LogP contribution in [0.25, 0.3) is 10.2 Å². The average molecular weight is 331 g/mol. The fourth-order valence-electron chi connectivity index (χ4n) is 4.19. The van der Waals surface area contributed by atoms with E-state index in [0.29, 0.717) is 6.04 Å². The van der Waals surface area contributed by atoms with E-state index < -0.39 is 0 Å². The first-order valence-corrected chi connectivity index (χ1v) is 9.75. The number of fused-ring (bicyclic) bond motifs is 3. The van der Waals surface area contributed by atoms with E-state index in [1.54, 1.807) is 11.3 Å². The van der Waals surface area contributed by atoms with E-state index in [9.17, 15) is 4.79 Å². The summed E-state index contributed by atoms with van der Waals surface area (Å²) in [5, 5.41) is 0.931. The van der Waals surface area contributed by atoms with Gasteiger partial charge in [0, 0.05) is 30.4 Å². The van der Waals surface area contributed by atoms with E-state index in [1.165, 1.54) is 29.7 Å². The number of hydrogen-bond donors (Lipinski definition) is 0. The molecule has 0 N–H and O–H groups in total. The Bertz CT molecular complexity index is 786. The predicted molar refractivity (Wildman–Crippen MR) is 95.4 cm³/mol. The van der Waals surface area contributed by atoms with Crippen LogP contribution < -0.4 is 5.56 Å². The summed E-state index contributed by atoms with van der Waals surface area (Å²) in [6.07, 6.45) is 7.88. The molecule has 1 aliphatic heterocycles. The largest absolute Gasteiger partial charge is 0.301 e. The minimum atomic E-state index is 0.237. The molecule has 124 valence electrons. The third-order valence-corrected chi connectivity index (χ3v) is 6.54. The second-order valence-electron chi connectivity index (χ2n) is 7.02. The molecule has 1 fully saturated rings. The quantitative estimate of drug-likeness (QED) is 0.845. The van der Waals surface area contributed by atoms with Gasteiger partial charge in [-0.05, 0) is 31.9 Å². The fourth-order valence-corrected chi connectivity index (χ4v) is 5.50. The Morgan fingerprint density at radius 2 is 2.04 bits per heavy atom. The molecule has 3 heterocycles. The van der Waals surface area contributed by atoms with Crippen LogP contribution in [0, 0.1) is 0 Å². The Kier molecular flexibility index (Phi) is 4.01. The first-order valence-electron chi connectivity index (χ1n) is 8.93. The summed E-state index contributed by atoms with van der Waals surface area (Å²) < 4.78 is 2.06. The monoisotopic (exact) mass is 331 g/mol. The Labute approximate surface area is 141 Å². The number of nitrogens with zero attached hydrogens (tertiary/aromatic N) is 3. The number of hydrogen-bond acceptors (Lipinski definition) is 4. The van der Waals surface area contributed by atoms with E-state index in [0.717, 1.165) is 54.8 Å². The number of rotatable bonds is 2. The van der Waals surface area contributed by atoms with Gasteiger partial charge in [0.2, 0.25) is 0 Å². The van der Waals surface area contributed by atoms with E-state index in [2.05, 4.69) is 23.4 Å².